The highest BCUT2D eigenvalue weighted by Gasteiger charge is 2.21. The lowest BCUT2D eigenvalue weighted by atomic mass is 10.2. The number of hydrogen-bond acceptors (Lipinski definition) is 5. The molecule has 1 aromatic carbocycles. The molecule has 0 spiro atoms. The summed E-state index contributed by atoms with van der Waals surface area (Å²) in [5, 5.41) is 13.7. The fourth-order valence-corrected chi connectivity index (χ4v) is 1.46. The zero-order chi connectivity index (χ0) is 13.7. The number of halogens is 1. The molecule has 1 N–H and O–H groups in total. The molecule has 0 aliphatic rings. The van der Waals surface area contributed by atoms with Gasteiger partial charge in [-0.1, -0.05) is 0 Å². The summed E-state index contributed by atoms with van der Waals surface area (Å²) < 4.78 is 23.5. The third-order valence-corrected chi connectivity index (χ3v) is 2.25. The van der Waals surface area contributed by atoms with Gasteiger partial charge in [0.25, 0.3) is 0 Å². The zero-order valence-corrected chi connectivity index (χ0v) is 10.4. The number of hydrogen-bond donors (Lipinski definition) is 1. The van der Waals surface area contributed by atoms with Crippen LogP contribution in [-0.4, -0.2) is 31.7 Å². The highest BCUT2D eigenvalue weighted by molar-refractivity contribution is 5.51. The molecule has 0 aromatic heterocycles. The smallest absolute Gasteiger partial charge is 0.314 e. The minimum absolute atomic E-state index is 0.0130. The van der Waals surface area contributed by atoms with Gasteiger partial charge in [0.2, 0.25) is 5.75 Å². The molecular weight excluding hydrogens is 243 g/mol. The van der Waals surface area contributed by atoms with Gasteiger partial charge in [-0.2, -0.15) is 0 Å². The summed E-state index contributed by atoms with van der Waals surface area (Å²) in [5.74, 6) is -0.897. The van der Waals surface area contributed by atoms with E-state index in [0.717, 1.165) is 6.07 Å². The van der Waals surface area contributed by atoms with E-state index in [1.165, 1.54) is 13.2 Å². The summed E-state index contributed by atoms with van der Waals surface area (Å²) in [7, 11) is 3.02. The van der Waals surface area contributed by atoms with Crippen LogP contribution in [0.3, 0.4) is 0 Å². The SMILES string of the molecule is CNCC(C)Oc1cc(OC)c(F)cc1[N+](=O)[O-]. The van der Waals surface area contributed by atoms with Crippen molar-refractivity contribution in [1.82, 2.24) is 5.32 Å². The summed E-state index contributed by atoms with van der Waals surface area (Å²) in [6, 6.07) is 1.97. The van der Waals surface area contributed by atoms with Crippen LogP contribution >= 0.6 is 0 Å². The van der Waals surface area contributed by atoms with Gasteiger partial charge in [-0.05, 0) is 14.0 Å². The minimum atomic E-state index is -0.794. The molecule has 0 heterocycles. The van der Waals surface area contributed by atoms with Gasteiger partial charge in [-0.25, -0.2) is 4.39 Å². The molecule has 1 aromatic rings. The van der Waals surface area contributed by atoms with Crippen LogP contribution in [0.15, 0.2) is 12.1 Å². The molecule has 0 fully saturated rings. The summed E-state index contributed by atoms with van der Waals surface area (Å²) in [5.41, 5.74) is -0.420. The van der Waals surface area contributed by atoms with Crippen LogP contribution in [0.2, 0.25) is 0 Å². The number of likely N-dealkylation sites (N-methyl/N-ethyl adjacent to an activating group) is 1. The minimum Gasteiger partial charge on any atom is -0.494 e. The number of nitro groups is 1. The zero-order valence-electron chi connectivity index (χ0n) is 10.4. The first-order valence-electron chi connectivity index (χ1n) is 5.32. The Labute approximate surface area is 104 Å². The number of rotatable bonds is 6. The number of nitrogens with one attached hydrogen (secondary N) is 1. The lowest BCUT2D eigenvalue weighted by Gasteiger charge is -2.15. The Morgan fingerprint density at radius 3 is 2.67 bits per heavy atom. The monoisotopic (exact) mass is 258 g/mol. The van der Waals surface area contributed by atoms with Gasteiger partial charge >= 0.3 is 5.69 Å². The van der Waals surface area contributed by atoms with Crippen LogP contribution in [0.5, 0.6) is 11.5 Å². The van der Waals surface area contributed by atoms with Crippen molar-refractivity contribution in [2.45, 2.75) is 13.0 Å². The number of nitro benzene ring substituents is 1. The van der Waals surface area contributed by atoms with Gasteiger partial charge in [-0.15, -0.1) is 0 Å². The van der Waals surface area contributed by atoms with Crippen molar-refractivity contribution >= 4 is 5.69 Å². The predicted molar refractivity (Wildman–Crippen MR) is 63.6 cm³/mol. The van der Waals surface area contributed by atoms with Crippen molar-refractivity contribution in [2.24, 2.45) is 0 Å². The van der Waals surface area contributed by atoms with E-state index < -0.39 is 16.4 Å². The Kier molecular flexibility index (Phi) is 4.85. The molecule has 6 nitrogen and oxygen atoms in total. The number of methoxy groups -OCH3 is 1. The van der Waals surface area contributed by atoms with Gasteiger partial charge in [0.05, 0.1) is 18.1 Å². The first-order valence-corrected chi connectivity index (χ1v) is 5.32. The normalized spacial score (nSPS) is 12.0. The van der Waals surface area contributed by atoms with Crippen molar-refractivity contribution in [3.05, 3.63) is 28.1 Å². The molecule has 0 radical (unpaired) electrons. The fraction of sp³-hybridized carbons (Fsp3) is 0.455. The van der Waals surface area contributed by atoms with Crippen molar-refractivity contribution in [3.8, 4) is 11.5 Å². The maximum Gasteiger partial charge on any atom is 0.314 e. The average Bonchev–Trinajstić information content (AvgIpc) is 2.30. The first-order chi connectivity index (χ1) is 8.49. The summed E-state index contributed by atoms with van der Waals surface area (Å²) >= 11 is 0. The third-order valence-electron chi connectivity index (χ3n) is 2.25. The highest BCUT2D eigenvalue weighted by Crippen LogP contribution is 2.34. The summed E-state index contributed by atoms with van der Waals surface area (Å²) in [6.07, 6.45) is -0.288. The topological polar surface area (TPSA) is 73.6 Å². The van der Waals surface area contributed by atoms with E-state index in [1.807, 2.05) is 0 Å². The summed E-state index contributed by atoms with van der Waals surface area (Å²) in [4.78, 5) is 10.1. The maximum absolute atomic E-state index is 13.4. The van der Waals surface area contributed by atoms with Crippen molar-refractivity contribution in [1.29, 1.82) is 0 Å². The molecular formula is C11H15FN2O4. The van der Waals surface area contributed by atoms with E-state index >= 15 is 0 Å². The van der Waals surface area contributed by atoms with Gasteiger partial charge < -0.3 is 14.8 Å². The van der Waals surface area contributed by atoms with Crippen LogP contribution in [0, 0.1) is 15.9 Å². The molecule has 100 valence electrons. The van der Waals surface area contributed by atoms with Crippen LogP contribution in [-0.2, 0) is 0 Å². The molecule has 0 saturated heterocycles. The van der Waals surface area contributed by atoms with E-state index in [1.54, 1.807) is 14.0 Å². The molecule has 7 heteroatoms. The molecule has 1 atom stereocenters. The van der Waals surface area contributed by atoms with Gasteiger partial charge in [0.1, 0.15) is 6.10 Å². The Bertz CT molecular complexity index is 439. The summed E-state index contributed by atoms with van der Waals surface area (Å²) in [6.45, 7) is 2.26. The fourth-order valence-electron chi connectivity index (χ4n) is 1.46. The van der Waals surface area contributed by atoms with Crippen molar-refractivity contribution < 1.29 is 18.8 Å². The van der Waals surface area contributed by atoms with Crippen LogP contribution in [0.1, 0.15) is 6.92 Å². The van der Waals surface area contributed by atoms with E-state index in [9.17, 15) is 14.5 Å². The first kappa shape index (κ1) is 14.2. The Morgan fingerprint density at radius 1 is 1.50 bits per heavy atom. The van der Waals surface area contributed by atoms with Gasteiger partial charge in [0, 0.05) is 12.6 Å². The standard InChI is InChI=1S/C11H15FN2O4/c1-7(6-13-2)18-11-5-10(17-3)8(12)4-9(11)14(15)16/h4-5,7,13H,6H2,1-3H3. The molecule has 0 aliphatic carbocycles. The molecule has 0 saturated carbocycles. The lowest BCUT2D eigenvalue weighted by Crippen LogP contribution is -2.26. The van der Waals surface area contributed by atoms with Crippen LogP contribution < -0.4 is 14.8 Å². The van der Waals surface area contributed by atoms with Crippen molar-refractivity contribution in [2.75, 3.05) is 20.7 Å². The predicted octanol–water partition coefficient (Wildman–Crippen LogP) is 1.73. The van der Waals surface area contributed by atoms with Crippen LogP contribution in [0.4, 0.5) is 10.1 Å². The second-order valence-corrected chi connectivity index (χ2v) is 3.70. The maximum atomic E-state index is 13.4. The lowest BCUT2D eigenvalue weighted by molar-refractivity contribution is -0.386. The highest BCUT2D eigenvalue weighted by atomic mass is 19.1. The largest absolute Gasteiger partial charge is 0.494 e. The third kappa shape index (κ3) is 3.30. The molecule has 0 bridgehead atoms. The van der Waals surface area contributed by atoms with Crippen molar-refractivity contribution in [3.63, 3.8) is 0 Å². The quantitative estimate of drug-likeness (QED) is 0.621. The van der Waals surface area contributed by atoms with E-state index in [2.05, 4.69) is 5.32 Å². The molecule has 0 amide bonds. The number of nitrogens with zero attached hydrogens (tertiary/aromatic N) is 1. The molecule has 1 unspecified atom stereocenters. The second-order valence-electron chi connectivity index (χ2n) is 3.70. The van der Waals surface area contributed by atoms with Crippen LogP contribution in [0.25, 0.3) is 0 Å². The molecule has 0 aliphatic heterocycles. The Morgan fingerprint density at radius 2 is 2.17 bits per heavy atom. The molecule has 1 rings (SSSR count). The van der Waals surface area contributed by atoms with E-state index in [0.29, 0.717) is 6.54 Å². The van der Waals surface area contributed by atoms with E-state index in [4.69, 9.17) is 9.47 Å². The molecule has 18 heavy (non-hydrogen) atoms. The van der Waals surface area contributed by atoms with Gasteiger partial charge in [0.15, 0.2) is 11.6 Å². The Balaban J connectivity index is 3.10. The number of ether oxygens (including phenoxy) is 2. The Hall–Kier alpha value is -1.89. The average molecular weight is 258 g/mol. The van der Waals surface area contributed by atoms with Gasteiger partial charge in [-0.3, -0.25) is 10.1 Å². The van der Waals surface area contributed by atoms with E-state index in [-0.39, 0.29) is 17.6 Å². The second kappa shape index (κ2) is 6.15. The number of benzene rings is 1.